The Hall–Kier alpha value is -1.62. The first kappa shape index (κ1) is 18.2. The van der Waals surface area contributed by atoms with Crippen LogP contribution in [-0.2, 0) is 0 Å². The molecular weight excluding hydrogens is 314 g/mol. The predicted molar refractivity (Wildman–Crippen MR) is 101 cm³/mol. The van der Waals surface area contributed by atoms with Crippen LogP contribution in [0.5, 0.6) is 0 Å². The summed E-state index contributed by atoms with van der Waals surface area (Å²) in [5.41, 5.74) is 1.74. The van der Waals surface area contributed by atoms with Crippen molar-refractivity contribution in [1.82, 2.24) is 0 Å². The van der Waals surface area contributed by atoms with E-state index in [1.54, 1.807) is 17.0 Å². The van der Waals surface area contributed by atoms with E-state index in [0.29, 0.717) is 5.41 Å². The van der Waals surface area contributed by atoms with Gasteiger partial charge in [-0.1, -0.05) is 20.8 Å². The molecule has 0 amide bonds. The van der Waals surface area contributed by atoms with E-state index < -0.39 is 0 Å². The summed E-state index contributed by atoms with van der Waals surface area (Å²) in [5, 5.41) is 10.8. The third-order valence-electron chi connectivity index (χ3n) is 6.36. The Kier molecular flexibility index (Phi) is 5.32. The standard InChI is InChI=1S/C20H31N3O2/c1-20(2,3)16-4-6-17(7-5-16)21-12-14-22(15-13-21)18-8-10-19(11-9-18)23(24)25/h8-11,16-17H,4-7,12-15H2,1-3H3/p+1. The second-order valence-electron chi connectivity index (χ2n) is 8.83. The van der Waals surface area contributed by atoms with Crippen LogP contribution in [0.2, 0.25) is 0 Å². The highest BCUT2D eigenvalue weighted by atomic mass is 16.6. The molecule has 1 saturated carbocycles. The topological polar surface area (TPSA) is 50.8 Å². The lowest BCUT2D eigenvalue weighted by Crippen LogP contribution is -3.18. The Morgan fingerprint density at radius 2 is 1.60 bits per heavy atom. The number of nitro groups is 1. The third kappa shape index (κ3) is 4.32. The molecule has 138 valence electrons. The lowest BCUT2D eigenvalue weighted by atomic mass is 9.71. The van der Waals surface area contributed by atoms with Crippen molar-refractivity contribution in [3.05, 3.63) is 34.4 Å². The highest BCUT2D eigenvalue weighted by molar-refractivity contribution is 5.51. The van der Waals surface area contributed by atoms with E-state index in [0.717, 1.165) is 30.7 Å². The Bertz CT molecular complexity index is 578. The summed E-state index contributed by atoms with van der Waals surface area (Å²) >= 11 is 0. The van der Waals surface area contributed by atoms with Crippen LogP contribution in [0.15, 0.2) is 24.3 Å². The van der Waals surface area contributed by atoms with Gasteiger partial charge in [-0.15, -0.1) is 0 Å². The summed E-state index contributed by atoms with van der Waals surface area (Å²) in [5.74, 6) is 0.879. The van der Waals surface area contributed by atoms with Crippen LogP contribution in [0.1, 0.15) is 46.5 Å². The molecule has 1 N–H and O–H groups in total. The zero-order valence-electron chi connectivity index (χ0n) is 15.8. The van der Waals surface area contributed by atoms with Crippen molar-refractivity contribution in [1.29, 1.82) is 0 Å². The fraction of sp³-hybridized carbons (Fsp3) is 0.700. The van der Waals surface area contributed by atoms with Crippen molar-refractivity contribution in [3.8, 4) is 0 Å². The van der Waals surface area contributed by atoms with E-state index >= 15 is 0 Å². The number of nitro benzene ring substituents is 1. The second kappa shape index (κ2) is 7.32. The number of anilines is 1. The van der Waals surface area contributed by atoms with Crippen LogP contribution >= 0.6 is 0 Å². The van der Waals surface area contributed by atoms with Gasteiger partial charge in [0.1, 0.15) is 0 Å². The van der Waals surface area contributed by atoms with E-state index in [1.807, 2.05) is 12.1 Å². The molecule has 0 radical (unpaired) electrons. The van der Waals surface area contributed by atoms with E-state index in [9.17, 15) is 10.1 Å². The predicted octanol–water partition coefficient (Wildman–Crippen LogP) is 2.90. The fourth-order valence-electron chi connectivity index (χ4n) is 4.61. The summed E-state index contributed by atoms with van der Waals surface area (Å²) in [4.78, 5) is 14.6. The van der Waals surface area contributed by atoms with Crippen LogP contribution in [0, 0.1) is 21.4 Å². The summed E-state index contributed by atoms with van der Waals surface area (Å²) < 4.78 is 0. The number of hydrogen-bond acceptors (Lipinski definition) is 3. The molecular formula is C20H32N3O2+. The van der Waals surface area contributed by atoms with Crippen LogP contribution in [-0.4, -0.2) is 37.1 Å². The molecule has 1 aromatic rings. The Morgan fingerprint density at radius 3 is 2.08 bits per heavy atom. The van der Waals surface area contributed by atoms with Gasteiger partial charge in [0.25, 0.3) is 5.69 Å². The number of benzene rings is 1. The maximum Gasteiger partial charge on any atom is 0.269 e. The van der Waals surface area contributed by atoms with Gasteiger partial charge in [0.15, 0.2) is 0 Å². The van der Waals surface area contributed by atoms with Gasteiger partial charge in [0.2, 0.25) is 0 Å². The van der Waals surface area contributed by atoms with Crippen LogP contribution < -0.4 is 9.80 Å². The molecule has 1 aliphatic heterocycles. The number of nitrogens with one attached hydrogen (secondary N) is 1. The first-order chi connectivity index (χ1) is 11.8. The molecule has 0 bridgehead atoms. The quantitative estimate of drug-likeness (QED) is 0.676. The van der Waals surface area contributed by atoms with E-state index in [1.165, 1.54) is 38.8 Å². The van der Waals surface area contributed by atoms with Gasteiger partial charge in [-0.25, -0.2) is 0 Å². The normalized spacial score (nSPS) is 25.8. The highest BCUT2D eigenvalue weighted by Crippen LogP contribution is 2.37. The molecule has 0 spiro atoms. The van der Waals surface area contributed by atoms with Gasteiger partial charge in [-0.2, -0.15) is 0 Å². The molecule has 1 heterocycles. The second-order valence-corrected chi connectivity index (χ2v) is 8.83. The largest absolute Gasteiger partial charge is 0.360 e. The third-order valence-corrected chi connectivity index (χ3v) is 6.36. The van der Waals surface area contributed by atoms with Crippen molar-refractivity contribution >= 4 is 11.4 Å². The lowest BCUT2D eigenvalue weighted by molar-refractivity contribution is -0.927. The first-order valence-corrected chi connectivity index (χ1v) is 9.68. The van der Waals surface area contributed by atoms with Crippen LogP contribution in [0.4, 0.5) is 11.4 Å². The Labute approximate surface area is 151 Å². The fourth-order valence-corrected chi connectivity index (χ4v) is 4.61. The molecule has 1 aliphatic carbocycles. The highest BCUT2D eigenvalue weighted by Gasteiger charge is 2.35. The van der Waals surface area contributed by atoms with Crippen LogP contribution in [0.25, 0.3) is 0 Å². The Morgan fingerprint density at radius 1 is 1.04 bits per heavy atom. The van der Waals surface area contributed by atoms with E-state index in [2.05, 4.69) is 25.7 Å². The number of rotatable bonds is 3. The molecule has 0 unspecified atom stereocenters. The van der Waals surface area contributed by atoms with Gasteiger partial charge in [0.05, 0.1) is 37.1 Å². The molecule has 25 heavy (non-hydrogen) atoms. The number of quaternary nitrogens is 1. The number of piperazine rings is 1. The maximum absolute atomic E-state index is 10.8. The monoisotopic (exact) mass is 346 g/mol. The average molecular weight is 346 g/mol. The molecule has 5 nitrogen and oxygen atoms in total. The van der Waals surface area contributed by atoms with Crippen molar-refractivity contribution in [2.75, 3.05) is 31.1 Å². The lowest BCUT2D eigenvalue weighted by Gasteiger charge is -2.42. The molecule has 2 fully saturated rings. The molecule has 1 aromatic carbocycles. The van der Waals surface area contributed by atoms with Crippen molar-refractivity contribution < 1.29 is 9.82 Å². The smallest absolute Gasteiger partial charge is 0.269 e. The minimum atomic E-state index is -0.334. The van der Waals surface area contributed by atoms with Crippen molar-refractivity contribution in [3.63, 3.8) is 0 Å². The van der Waals surface area contributed by atoms with E-state index in [4.69, 9.17) is 0 Å². The molecule has 1 saturated heterocycles. The zero-order valence-corrected chi connectivity index (χ0v) is 15.8. The molecule has 0 atom stereocenters. The summed E-state index contributed by atoms with van der Waals surface area (Å²) in [7, 11) is 0. The van der Waals surface area contributed by atoms with Crippen molar-refractivity contribution in [2.24, 2.45) is 11.3 Å². The SMILES string of the molecule is CC(C)(C)C1CCC([NH+]2CCN(c3ccc([N+](=O)[O-])cc3)CC2)CC1. The van der Waals surface area contributed by atoms with E-state index in [-0.39, 0.29) is 10.6 Å². The molecule has 3 rings (SSSR count). The zero-order chi connectivity index (χ0) is 18.0. The van der Waals surface area contributed by atoms with Gasteiger partial charge in [-0.05, 0) is 49.1 Å². The molecule has 0 aromatic heterocycles. The number of hydrogen-bond donors (Lipinski definition) is 1. The summed E-state index contributed by atoms with van der Waals surface area (Å²) in [6.07, 6.45) is 5.50. The summed E-state index contributed by atoms with van der Waals surface area (Å²) in [6.45, 7) is 11.6. The number of nitrogens with zero attached hydrogens (tertiary/aromatic N) is 2. The number of non-ortho nitro benzene ring substituents is 1. The minimum Gasteiger partial charge on any atom is -0.360 e. The minimum absolute atomic E-state index is 0.170. The summed E-state index contributed by atoms with van der Waals surface area (Å²) in [6, 6.07) is 7.83. The maximum atomic E-state index is 10.8. The average Bonchev–Trinajstić information content (AvgIpc) is 2.61. The first-order valence-electron chi connectivity index (χ1n) is 9.68. The Balaban J connectivity index is 1.50. The van der Waals surface area contributed by atoms with Gasteiger partial charge < -0.3 is 9.80 Å². The van der Waals surface area contributed by atoms with Crippen LogP contribution in [0.3, 0.4) is 0 Å². The molecule has 5 heteroatoms. The van der Waals surface area contributed by atoms with Gasteiger partial charge in [-0.3, -0.25) is 10.1 Å². The van der Waals surface area contributed by atoms with Gasteiger partial charge in [0, 0.05) is 17.8 Å². The molecule has 2 aliphatic rings. The van der Waals surface area contributed by atoms with Gasteiger partial charge >= 0.3 is 0 Å². The van der Waals surface area contributed by atoms with Crippen molar-refractivity contribution in [2.45, 2.75) is 52.5 Å².